The molecule has 2 heterocycles. The lowest BCUT2D eigenvalue weighted by atomic mass is 9.93. The van der Waals surface area contributed by atoms with E-state index in [-0.39, 0.29) is 24.2 Å². The highest BCUT2D eigenvalue weighted by Crippen LogP contribution is 2.17. The Balaban J connectivity index is 0.00000144. The summed E-state index contributed by atoms with van der Waals surface area (Å²) >= 11 is 0. The van der Waals surface area contributed by atoms with E-state index in [1.54, 1.807) is 0 Å². The largest absolute Gasteiger partial charge is 0.381 e. The number of amides is 1. The van der Waals surface area contributed by atoms with E-state index in [0.717, 1.165) is 45.6 Å². The van der Waals surface area contributed by atoms with E-state index in [1.165, 1.54) is 0 Å². The van der Waals surface area contributed by atoms with Crippen LogP contribution in [0.1, 0.15) is 26.2 Å². The Morgan fingerprint density at radius 1 is 1.29 bits per heavy atom. The summed E-state index contributed by atoms with van der Waals surface area (Å²) in [7, 11) is 0. The first-order chi connectivity index (χ1) is 7.77. The molecule has 2 aliphatic rings. The minimum absolute atomic E-state index is 0. The number of rotatable bonds is 2. The van der Waals surface area contributed by atoms with Gasteiger partial charge in [-0.2, -0.15) is 0 Å². The third-order valence-electron chi connectivity index (χ3n) is 3.75. The predicted octanol–water partition coefficient (Wildman–Crippen LogP) is 0.949. The number of carbonyl (C=O) groups excluding carboxylic acids is 1. The van der Waals surface area contributed by atoms with Gasteiger partial charge in [0, 0.05) is 31.7 Å². The molecule has 0 saturated carbocycles. The van der Waals surface area contributed by atoms with E-state index in [2.05, 4.69) is 17.6 Å². The maximum atomic E-state index is 12.0. The van der Waals surface area contributed by atoms with Gasteiger partial charge in [0.2, 0.25) is 5.91 Å². The van der Waals surface area contributed by atoms with E-state index in [4.69, 9.17) is 4.74 Å². The number of carbonyl (C=O) groups is 1. The zero-order valence-corrected chi connectivity index (χ0v) is 11.2. The highest BCUT2D eigenvalue weighted by atomic mass is 35.5. The van der Waals surface area contributed by atoms with Crippen LogP contribution >= 0.6 is 12.4 Å². The van der Waals surface area contributed by atoms with Crippen molar-refractivity contribution in [2.75, 3.05) is 26.3 Å². The normalized spacial score (nSPS) is 30.4. The summed E-state index contributed by atoms with van der Waals surface area (Å²) in [6.07, 6.45) is 2.90. The van der Waals surface area contributed by atoms with Crippen molar-refractivity contribution in [1.82, 2.24) is 10.6 Å². The molecule has 0 radical (unpaired) electrons. The molecule has 2 atom stereocenters. The summed E-state index contributed by atoms with van der Waals surface area (Å²) in [5.74, 6) is 0.983. The molecule has 0 aromatic rings. The summed E-state index contributed by atoms with van der Waals surface area (Å²) in [5.41, 5.74) is 0. The molecule has 100 valence electrons. The maximum Gasteiger partial charge on any atom is 0.223 e. The Kier molecular flexibility index (Phi) is 6.23. The zero-order chi connectivity index (χ0) is 11.4. The molecule has 2 N–H and O–H groups in total. The van der Waals surface area contributed by atoms with Crippen LogP contribution in [0.25, 0.3) is 0 Å². The van der Waals surface area contributed by atoms with Crippen LogP contribution < -0.4 is 10.6 Å². The summed E-state index contributed by atoms with van der Waals surface area (Å²) < 4.78 is 5.27. The molecule has 0 aromatic carbocycles. The first kappa shape index (κ1) is 14.7. The molecule has 0 bridgehead atoms. The van der Waals surface area contributed by atoms with Crippen LogP contribution in [0.15, 0.2) is 0 Å². The van der Waals surface area contributed by atoms with Gasteiger partial charge in [0.15, 0.2) is 0 Å². The van der Waals surface area contributed by atoms with E-state index < -0.39 is 0 Å². The van der Waals surface area contributed by atoms with Crippen LogP contribution in [0.2, 0.25) is 0 Å². The van der Waals surface area contributed by atoms with Crippen molar-refractivity contribution in [2.24, 2.45) is 11.8 Å². The van der Waals surface area contributed by atoms with Gasteiger partial charge in [-0.05, 0) is 31.7 Å². The third-order valence-corrected chi connectivity index (χ3v) is 3.75. The monoisotopic (exact) mass is 262 g/mol. The van der Waals surface area contributed by atoms with Gasteiger partial charge in [-0.15, -0.1) is 12.4 Å². The summed E-state index contributed by atoms with van der Waals surface area (Å²) in [6.45, 7) is 5.67. The molecule has 17 heavy (non-hydrogen) atoms. The van der Waals surface area contributed by atoms with Crippen LogP contribution in [-0.2, 0) is 9.53 Å². The summed E-state index contributed by atoms with van der Waals surface area (Å²) in [4.78, 5) is 12.0. The average Bonchev–Trinajstić information content (AvgIpc) is 2.33. The molecule has 1 amide bonds. The Morgan fingerprint density at radius 3 is 2.65 bits per heavy atom. The molecule has 4 nitrogen and oxygen atoms in total. The van der Waals surface area contributed by atoms with Crippen molar-refractivity contribution in [3.63, 3.8) is 0 Å². The number of ether oxygens (including phenoxy) is 1. The predicted molar refractivity (Wildman–Crippen MR) is 69.4 cm³/mol. The van der Waals surface area contributed by atoms with Gasteiger partial charge in [0.05, 0.1) is 0 Å². The molecule has 0 aromatic heterocycles. The van der Waals surface area contributed by atoms with Gasteiger partial charge in [0.1, 0.15) is 0 Å². The fourth-order valence-electron chi connectivity index (χ4n) is 2.44. The molecule has 2 fully saturated rings. The Hall–Kier alpha value is -0.320. The van der Waals surface area contributed by atoms with E-state index >= 15 is 0 Å². The Bertz CT molecular complexity index is 245. The number of nitrogens with one attached hydrogen (secondary N) is 2. The average molecular weight is 263 g/mol. The quantitative estimate of drug-likeness (QED) is 0.779. The van der Waals surface area contributed by atoms with Crippen molar-refractivity contribution >= 4 is 18.3 Å². The fourth-order valence-corrected chi connectivity index (χ4v) is 2.44. The number of piperidine rings is 1. The van der Waals surface area contributed by atoms with Gasteiger partial charge >= 0.3 is 0 Å². The first-order valence-corrected chi connectivity index (χ1v) is 6.36. The topological polar surface area (TPSA) is 50.4 Å². The fraction of sp³-hybridized carbons (Fsp3) is 0.917. The lowest BCUT2D eigenvalue weighted by molar-refractivity contribution is -0.129. The minimum Gasteiger partial charge on any atom is -0.381 e. The number of halogens is 1. The lowest BCUT2D eigenvalue weighted by Gasteiger charge is -2.32. The highest BCUT2D eigenvalue weighted by Gasteiger charge is 2.27. The van der Waals surface area contributed by atoms with Crippen molar-refractivity contribution < 1.29 is 9.53 Å². The van der Waals surface area contributed by atoms with Gasteiger partial charge in [-0.25, -0.2) is 0 Å². The lowest BCUT2D eigenvalue weighted by Crippen LogP contribution is -2.52. The molecule has 2 unspecified atom stereocenters. The molecule has 0 aliphatic carbocycles. The number of hydrogen-bond acceptors (Lipinski definition) is 3. The molecular formula is C12H23ClN2O2. The van der Waals surface area contributed by atoms with Crippen LogP contribution in [0, 0.1) is 11.8 Å². The Morgan fingerprint density at radius 2 is 2.00 bits per heavy atom. The van der Waals surface area contributed by atoms with Gasteiger partial charge in [-0.3, -0.25) is 4.79 Å². The van der Waals surface area contributed by atoms with E-state index in [1.807, 2.05) is 0 Å². The second-order valence-electron chi connectivity index (χ2n) is 4.97. The molecule has 2 aliphatic heterocycles. The molecule has 2 saturated heterocycles. The third kappa shape index (κ3) is 4.12. The maximum absolute atomic E-state index is 12.0. The van der Waals surface area contributed by atoms with E-state index in [9.17, 15) is 4.79 Å². The van der Waals surface area contributed by atoms with Gasteiger partial charge < -0.3 is 15.4 Å². The van der Waals surface area contributed by atoms with Crippen molar-refractivity contribution in [3.8, 4) is 0 Å². The number of hydrogen-bond donors (Lipinski definition) is 2. The second kappa shape index (κ2) is 7.19. The van der Waals surface area contributed by atoms with Gasteiger partial charge in [0.25, 0.3) is 0 Å². The van der Waals surface area contributed by atoms with E-state index in [0.29, 0.717) is 12.0 Å². The van der Waals surface area contributed by atoms with Crippen LogP contribution in [0.4, 0.5) is 0 Å². The SMILES string of the molecule is CC1CCNCC1NC(=O)C1CCOCC1.Cl. The van der Waals surface area contributed by atoms with Gasteiger partial charge in [-0.1, -0.05) is 6.92 Å². The summed E-state index contributed by atoms with van der Waals surface area (Å²) in [5, 5.41) is 6.52. The van der Waals surface area contributed by atoms with Crippen molar-refractivity contribution in [2.45, 2.75) is 32.2 Å². The second-order valence-corrected chi connectivity index (χ2v) is 4.97. The standard InChI is InChI=1S/C12H22N2O2.ClH/c1-9-2-5-13-8-11(9)14-12(15)10-3-6-16-7-4-10;/h9-11,13H,2-8H2,1H3,(H,14,15);1H. The molecular weight excluding hydrogens is 240 g/mol. The van der Waals surface area contributed by atoms with Crippen molar-refractivity contribution in [1.29, 1.82) is 0 Å². The Labute approximate surface area is 109 Å². The van der Waals surface area contributed by atoms with Crippen LogP contribution in [0.3, 0.4) is 0 Å². The minimum atomic E-state index is 0. The highest BCUT2D eigenvalue weighted by molar-refractivity contribution is 5.85. The molecule has 5 heteroatoms. The summed E-state index contributed by atoms with van der Waals surface area (Å²) in [6, 6.07) is 0.309. The zero-order valence-electron chi connectivity index (χ0n) is 10.4. The van der Waals surface area contributed by atoms with Crippen LogP contribution in [0.5, 0.6) is 0 Å². The first-order valence-electron chi connectivity index (χ1n) is 6.36. The molecule has 2 rings (SSSR count). The van der Waals surface area contributed by atoms with Crippen LogP contribution in [-0.4, -0.2) is 38.3 Å². The molecule has 0 spiro atoms. The van der Waals surface area contributed by atoms with Crippen molar-refractivity contribution in [3.05, 3.63) is 0 Å². The smallest absolute Gasteiger partial charge is 0.223 e.